The zero-order valence-corrected chi connectivity index (χ0v) is 18.0. The van der Waals surface area contributed by atoms with E-state index < -0.39 is 5.56 Å². The second kappa shape index (κ2) is 7.21. The van der Waals surface area contributed by atoms with Crippen molar-refractivity contribution < 1.29 is 5.11 Å². The van der Waals surface area contributed by atoms with Crippen LogP contribution in [-0.2, 0) is 0 Å². The monoisotopic (exact) mass is 424 g/mol. The molecule has 0 fully saturated rings. The molecule has 0 radical (unpaired) electrons. The van der Waals surface area contributed by atoms with Crippen molar-refractivity contribution in [1.29, 1.82) is 0 Å². The molecule has 0 aliphatic heterocycles. The number of pyridine rings is 1. The standard InChI is InChI=1S/C22H20ClN3O2S/c1-11-21(29-12(2)24-11)19-20(27)16-9-15(17(23)10-18(16)25-22(19)28)13-5-7-14(8-6-13)26(3)4/h5-10H,1-4H3,(H2,25,27,28)/p-1. The van der Waals surface area contributed by atoms with Crippen LogP contribution in [0.25, 0.3) is 32.5 Å². The van der Waals surface area contributed by atoms with Crippen molar-refractivity contribution in [3.05, 3.63) is 62.5 Å². The highest BCUT2D eigenvalue weighted by molar-refractivity contribution is 7.15. The molecular formula is C22H19ClN3O2S-. The molecule has 148 valence electrons. The number of nitrogens with zero attached hydrogens (tertiary/aromatic N) is 2. The molecule has 2 aromatic heterocycles. The van der Waals surface area contributed by atoms with Crippen LogP contribution < -0.4 is 15.6 Å². The fourth-order valence-electron chi connectivity index (χ4n) is 3.42. The normalized spacial score (nSPS) is 11.2. The lowest BCUT2D eigenvalue weighted by molar-refractivity contribution is -0.264. The van der Waals surface area contributed by atoms with Crippen LogP contribution in [0.4, 0.5) is 5.69 Å². The Balaban J connectivity index is 1.94. The number of anilines is 1. The Labute approximate surface area is 177 Å². The number of nitrogens with one attached hydrogen (secondary N) is 1. The van der Waals surface area contributed by atoms with Gasteiger partial charge in [0.2, 0.25) is 0 Å². The molecule has 29 heavy (non-hydrogen) atoms. The van der Waals surface area contributed by atoms with Crippen LogP contribution in [0.15, 0.2) is 41.2 Å². The predicted octanol–water partition coefficient (Wildman–Crippen LogP) is 4.73. The van der Waals surface area contributed by atoms with Crippen LogP contribution in [-0.4, -0.2) is 24.1 Å². The fourth-order valence-corrected chi connectivity index (χ4v) is 4.65. The number of thiazole rings is 1. The number of fused-ring (bicyclic) bond motifs is 1. The van der Waals surface area contributed by atoms with E-state index in [1.54, 1.807) is 12.1 Å². The van der Waals surface area contributed by atoms with Gasteiger partial charge in [-0.3, -0.25) is 4.79 Å². The van der Waals surface area contributed by atoms with E-state index in [2.05, 4.69) is 9.97 Å². The molecule has 7 heteroatoms. The predicted molar refractivity (Wildman–Crippen MR) is 119 cm³/mol. The van der Waals surface area contributed by atoms with Crippen molar-refractivity contribution >= 4 is 39.5 Å². The molecule has 0 unspecified atom stereocenters. The SMILES string of the molecule is Cc1nc(C)c(-c2c([O-])c3cc(-c4ccc(N(C)C)cc4)c(Cl)cc3[nH]c2=O)s1. The van der Waals surface area contributed by atoms with Gasteiger partial charge in [0.25, 0.3) is 5.56 Å². The molecule has 4 rings (SSSR count). The van der Waals surface area contributed by atoms with Crippen LogP contribution in [0.2, 0.25) is 5.02 Å². The molecular weight excluding hydrogens is 406 g/mol. The Bertz CT molecular complexity index is 1290. The summed E-state index contributed by atoms with van der Waals surface area (Å²) < 4.78 is 0. The Kier molecular flexibility index (Phi) is 4.84. The molecule has 1 N–H and O–H groups in total. The molecule has 0 aliphatic rings. The molecule has 0 aliphatic carbocycles. The van der Waals surface area contributed by atoms with Crippen LogP contribution in [0.5, 0.6) is 5.75 Å². The first-order chi connectivity index (χ1) is 13.8. The van der Waals surface area contributed by atoms with E-state index in [0.717, 1.165) is 21.8 Å². The Morgan fingerprint density at radius 3 is 2.41 bits per heavy atom. The lowest BCUT2D eigenvalue weighted by Crippen LogP contribution is -2.13. The summed E-state index contributed by atoms with van der Waals surface area (Å²) in [5.41, 5.74) is 3.54. The lowest BCUT2D eigenvalue weighted by atomic mass is 10.0. The molecule has 0 bridgehead atoms. The molecule has 0 saturated heterocycles. The molecule has 4 aromatic rings. The maximum Gasteiger partial charge on any atom is 0.256 e. The van der Waals surface area contributed by atoms with Gasteiger partial charge in [0.15, 0.2) is 0 Å². The van der Waals surface area contributed by atoms with Crippen LogP contribution >= 0.6 is 22.9 Å². The summed E-state index contributed by atoms with van der Waals surface area (Å²) >= 11 is 7.84. The second-order valence-electron chi connectivity index (χ2n) is 7.12. The third-order valence-corrected chi connectivity index (χ3v) is 6.28. The number of halogens is 1. The van der Waals surface area contributed by atoms with Gasteiger partial charge in [0.1, 0.15) is 0 Å². The average Bonchev–Trinajstić information content (AvgIpc) is 2.99. The van der Waals surface area contributed by atoms with Gasteiger partial charge in [0, 0.05) is 30.9 Å². The van der Waals surface area contributed by atoms with Crippen molar-refractivity contribution in [3.8, 4) is 27.3 Å². The minimum absolute atomic E-state index is 0.136. The maximum atomic E-state index is 13.3. The van der Waals surface area contributed by atoms with Gasteiger partial charge in [-0.1, -0.05) is 29.5 Å². The highest BCUT2D eigenvalue weighted by Gasteiger charge is 2.16. The first-order valence-electron chi connectivity index (χ1n) is 9.05. The molecule has 0 atom stereocenters. The van der Waals surface area contributed by atoms with Crippen LogP contribution in [0, 0.1) is 13.8 Å². The smallest absolute Gasteiger partial charge is 0.256 e. The Morgan fingerprint density at radius 1 is 1.14 bits per heavy atom. The van der Waals surface area contributed by atoms with Gasteiger partial charge in [-0.05, 0) is 49.1 Å². The number of rotatable bonds is 3. The van der Waals surface area contributed by atoms with Crippen molar-refractivity contribution in [3.63, 3.8) is 0 Å². The van der Waals surface area contributed by atoms with E-state index in [-0.39, 0.29) is 11.3 Å². The molecule has 0 spiro atoms. The number of aromatic nitrogens is 2. The van der Waals surface area contributed by atoms with E-state index in [4.69, 9.17) is 11.6 Å². The summed E-state index contributed by atoms with van der Waals surface area (Å²) in [4.78, 5) is 22.4. The highest BCUT2D eigenvalue weighted by atomic mass is 35.5. The van der Waals surface area contributed by atoms with Crippen molar-refractivity contribution in [1.82, 2.24) is 9.97 Å². The summed E-state index contributed by atoms with van der Waals surface area (Å²) in [7, 11) is 3.95. The van der Waals surface area contributed by atoms with Gasteiger partial charge in [-0.15, -0.1) is 11.3 Å². The summed E-state index contributed by atoms with van der Waals surface area (Å²) in [6.07, 6.45) is 0. The number of hydrogen-bond donors (Lipinski definition) is 1. The summed E-state index contributed by atoms with van der Waals surface area (Å²) in [5.74, 6) is -0.307. The topological polar surface area (TPSA) is 72.1 Å². The summed E-state index contributed by atoms with van der Waals surface area (Å²) in [5, 5.41) is 15.0. The minimum atomic E-state index is -0.423. The molecule has 0 saturated carbocycles. The van der Waals surface area contributed by atoms with Gasteiger partial charge in [-0.25, -0.2) is 4.98 Å². The van der Waals surface area contributed by atoms with E-state index in [0.29, 0.717) is 26.5 Å². The third-order valence-electron chi connectivity index (χ3n) is 4.88. The van der Waals surface area contributed by atoms with E-state index in [9.17, 15) is 9.90 Å². The van der Waals surface area contributed by atoms with Gasteiger partial charge in [0.05, 0.1) is 26.2 Å². The van der Waals surface area contributed by atoms with Crippen molar-refractivity contribution in [2.24, 2.45) is 0 Å². The minimum Gasteiger partial charge on any atom is -0.871 e. The Morgan fingerprint density at radius 2 is 1.83 bits per heavy atom. The first-order valence-corrected chi connectivity index (χ1v) is 10.2. The lowest BCUT2D eigenvalue weighted by Gasteiger charge is -2.18. The highest BCUT2D eigenvalue weighted by Crippen LogP contribution is 2.39. The molecule has 2 aromatic carbocycles. The molecule has 5 nitrogen and oxygen atoms in total. The van der Waals surface area contributed by atoms with E-state index in [1.807, 2.05) is 57.1 Å². The third kappa shape index (κ3) is 3.39. The quantitative estimate of drug-likeness (QED) is 0.516. The van der Waals surface area contributed by atoms with Crippen molar-refractivity contribution in [2.45, 2.75) is 13.8 Å². The average molecular weight is 425 g/mol. The van der Waals surface area contributed by atoms with E-state index >= 15 is 0 Å². The first kappa shape index (κ1) is 19.5. The van der Waals surface area contributed by atoms with Gasteiger partial charge < -0.3 is 15.0 Å². The largest absolute Gasteiger partial charge is 0.871 e. The zero-order chi connectivity index (χ0) is 20.9. The fraction of sp³-hybridized carbons (Fsp3) is 0.182. The maximum absolute atomic E-state index is 13.3. The Hall–Kier alpha value is -2.83. The number of aryl methyl sites for hydroxylation is 2. The van der Waals surface area contributed by atoms with Crippen LogP contribution in [0.3, 0.4) is 0 Å². The number of hydrogen-bond acceptors (Lipinski definition) is 5. The summed E-state index contributed by atoms with van der Waals surface area (Å²) in [6.45, 7) is 3.66. The second-order valence-corrected chi connectivity index (χ2v) is 8.74. The molecule has 0 amide bonds. The van der Waals surface area contributed by atoms with Crippen LogP contribution in [0.1, 0.15) is 10.7 Å². The number of aromatic amines is 1. The van der Waals surface area contributed by atoms with Crippen molar-refractivity contribution in [2.75, 3.05) is 19.0 Å². The van der Waals surface area contributed by atoms with E-state index in [1.165, 1.54) is 11.3 Å². The van der Waals surface area contributed by atoms with Gasteiger partial charge >= 0.3 is 0 Å². The number of H-pyrrole nitrogens is 1. The number of benzene rings is 2. The molecule has 2 heterocycles. The zero-order valence-electron chi connectivity index (χ0n) is 16.5. The summed E-state index contributed by atoms with van der Waals surface area (Å²) in [6, 6.07) is 11.3. The van der Waals surface area contributed by atoms with Gasteiger partial charge in [-0.2, -0.15) is 0 Å².